The summed E-state index contributed by atoms with van der Waals surface area (Å²) in [5, 5.41) is 40.1. The predicted octanol–water partition coefficient (Wildman–Crippen LogP) is 1.13. The van der Waals surface area contributed by atoms with Gasteiger partial charge in [0.2, 0.25) is 0 Å². The van der Waals surface area contributed by atoms with Gasteiger partial charge in [0.05, 0.1) is 6.61 Å². The highest BCUT2D eigenvalue weighted by Gasteiger charge is 2.44. The number of hydrogen-bond acceptors (Lipinski definition) is 7. The molecule has 30 heavy (non-hydrogen) atoms. The lowest BCUT2D eigenvalue weighted by Gasteiger charge is -2.40. The SMILES string of the molecule is CCc1ccc([C@@H]2O[C@H](CO)[C@H](O)[C@@H](O)[C@@H]2O)cc1Cc1ccc2c(c1)OCCO2. The summed E-state index contributed by atoms with van der Waals surface area (Å²) in [6.07, 6.45) is -4.33. The van der Waals surface area contributed by atoms with Crippen LogP contribution in [0.2, 0.25) is 0 Å². The average molecular weight is 416 g/mol. The van der Waals surface area contributed by atoms with E-state index in [4.69, 9.17) is 14.2 Å². The number of ether oxygens (including phenoxy) is 3. The lowest BCUT2D eigenvalue weighted by molar-refractivity contribution is -0.231. The smallest absolute Gasteiger partial charge is 0.161 e. The van der Waals surface area contributed by atoms with Crippen molar-refractivity contribution >= 4 is 0 Å². The van der Waals surface area contributed by atoms with Crippen LogP contribution in [0.5, 0.6) is 11.5 Å². The third-order valence-electron chi connectivity index (χ3n) is 5.83. The van der Waals surface area contributed by atoms with E-state index in [1.807, 2.05) is 36.4 Å². The van der Waals surface area contributed by atoms with Gasteiger partial charge in [-0.15, -0.1) is 0 Å². The van der Waals surface area contributed by atoms with E-state index in [2.05, 4.69) is 6.92 Å². The van der Waals surface area contributed by atoms with Gasteiger partial charge in [-0.1, -0.05) is 31.2 Å². The zero-order chi connectivity index (χ0) is 21.3. The van der Waals surface area contributed by atoms with Gasteiger partial charge in [0, 0.05) is 0 Å². The lowest BCUT2D eigenvalue weighted by Crippen LogP contribution is -2.55. The molecule has 7 heteroatoms. The van der Waals surface area contributed by atoms with Crippen LogP contribution in [0.3, 0.4) is 0 Å². The van der Waals surface area contributed by atoms with Crippen molar-refractivity contribution in [3.8, 4) is 11.5 Å². The molecule has 7 nitrogen and oxygen atoms in total. The summed E-state index contributed by atoms with van der Waals surface area (Å²) in [7, 11) is 0. The van der Waals surface area contributed by atoms with E-state index < -0.39 is 37.1 Å². The molecular weight excluding hydrogens is 388 g/mol. The first-order valence-electron chi connectivity index (χ1n) is 10.3. The molecule has 0 spiro atoms. The first-order chi connectivity index (χ1) is 14.5. The minimum Gasteiger partial charge on any atom is -0.486 e. The Balaban J connectivity index is 1.62. The summed E-state index contributed by atoms with van der Waals surface area (Å²) in [6, 6.07) is 11.7. The maximum Gasteiger partial charge on any atom is 0.161 e. The third-order valence-corrected chi connectivity index (χ3v) is 5.83. The highest BCUT2D eigenvalue weighted by atomic mass is 16.6. The van der Waals surface area contributed by atoms with Gasteiger partial charge in [0.25, 0.3) is 0 Å². The highest BCUT2D eigenvalue weighted by Crippen LogP contribution is 2.35. The molecule has 1 fully saturated rings. The van der Waals surface area contributed by atoms with Gasteiger partial charge in [-0.2, -0.15) is 0 Å². The molecule has 0 aliphatic carbocycles. The van der Waals surface area contributed by atoms with Crippen molar-refractivity contribution < 1.29 is 34.6 Å². The van der Waals surface area contributed by atoms with Crippen LogP contribution >= 0.6 is 0 Å². The predicted molar refractivity (Wildman–Crippen MR) is 109 cm³/mol. The van der Waals surface area contributed by atoms with Crippen LogP contribution in [-0.2, 0) is 17.6 Å². The van der Waals surface area contributed by atoms with Crippen LogP contribution in [0, 0.1) is 0 Å². The molecule has 2 aliphatic rings. The lowest BCUT2D eigenvalue weighted by atomic mass is 9.88. The summed E-state index contributed by atoms with van der Waals surface area (Å²) in [5.74, 6) is 1.48. The van der Waals surface area contributed by atoms with E-state index in [1.165, 1.54) is 5.56 Å². The largest absolute Gasteiger partial charge is 0.486 e. The molecule has 0 bridgehead atoms. The Morgan fingerprint density at radius 3 is 2.37 bits per heavy atom. The molecule has 0 unspecified atom stereocenters. The Morgan fingerprint density at radius 2 is 1.63 bits per heavy atom. The van der Waals surface area contributed by atoms with Crippen molar-refractivity contribution in [1.29, 1.82) is 0 Å². The van der Waals surface area contributed by atoms with E-state index in [1.54, 1.807) is 0 Å². The maximum atomic E-state index is 10.5. The highest BCUT2D eigenvalue weighted by molar-refractivity contribution is 5.46. The second kappa shape index (κ2) is 8.91. The number of fused-ring (bicyclic) bond motifs is 1. The normalized spacial score (nSPS) is 28.4. The first-order valence-corrected chi connectivity index (χ1v) is 10.3. The van der Waals surface area contributed by atoms with E-state index in [-0.39, 0.29) is 0 Å². The van der Waals surface area contributed by atoms with Crippen LogP contribution in [-0.4, -0.2) is 64.7 Å². The Morgan fingerprint density at radius 1 is 0.867 bits per heavy atom. The number of aliphatic hydroxyl groups excluding tert-OH is 4. The van der Waals surface area contributed by atoms with E-state index in [9.17, 15) is 20.4 Å². The number of rotatable bonds is 5. The maximum absolute atomic E-state index is 10.5. The fourth-order valence-electron chi connectivity index (χ4n) is 4.13. The number of aliphatic hydroxyl groups is 4. The Labute approximate surface area is 175 Å². The first kappa shape index (κ1) is 21.1. The zero-order valence-corrected chi connectivity index (χ0v) is 16.9. The van der Waals surface area contributed by atoms with Crippen LogP contribution in [0.1, 0.15) is 35.3 Å². The van der Waals surface area contributed by atoms with Crippen LogP contribution < -0.4 is 9.47 Å². The summed E-state index contributed by atoms with van der Waals surface area (Å²) < 4.78 is 17.0. The van der Waals surface area contributed by atoms with Crippen molar-refractivity contribution in [3.05, 3.63) is 58.7 Å². The summed E-state index contributed by atoms with van der Waals surface area (Å²) in [5.41, 5.74) is 4.00. The van der Waals surface area contributed by atoms with Crippen molar-refractivity contribution in [3.63, 3.8) is 0 Å². The van der Waals surface area contributed by atoms with Gasteiger partial charge in [-0.25, -0.2) is 0 Å². The van der Waals surface area contributed by atoms with Crippen LogP contribution in [0.15, 0.2) is 36.4 Å². The number of aryl methyl sites for hydroxylation is 1. The van der Waals surface area contributed by atoms with Crippen LogP contribution in [0.4, 0.5) is 0 Å². The molecular formula is C23H28O7. The van der Waals surface area contributed by atoms with Crippen molar-refractivity contribution in [2.45, 2.75) is 50.3 Å². The summed E-state index contributed by atoms with van der Waals surface area (Å²) in [4.78, 5) is 0. The summed E-state index contributed by atoms with van der Waals surface area (Å²) >= 11 is 0. The molecule has 2 heterocycles. The standard InChI is InChI=1S/C23H28O7/c1-2-14-4-5-15(23-22(27)21(26)20(25)19(12-24)30-23)11-16(14)9-13-3-6-17-18(10-13)29-8-7-28-17/h3-6,10-11,19-27H,2,7-9,12H2,1H3/t19-,20+,21-,22+,23+/m1/s1. The van der Waals surface area contributed by atoms with Gasteiger partial charge >= 0.3 is 0 Å². The van der Waals surface area contributed by atoms with Gasteiger partial charge in [0.1, 0.15) is 43.7 Å². The van der Waals surface area contributed by atoms with Crippen molar-refractivity contribution in [2.24, 2.45) is 0 Å². The Bertz CT molecular complexity index is 882. The molecule has 162 valence electrons. The molecule has 0 amide bonds. The van der Waals surface area contributed by atoms with Crippen LogP contribution in [0.25, 0.3) is 0 Å². The second-order valence-electron chi connectivity index (χ2n) is 7.79. The molecule has 2 aromatic carbocycles. The van der Waals surface area contributed by atoms with Gasteiger partial charge in [-0.3, -0.25) is 0 Å². The van der Waals surface area contributed by atoms with E-state index in [0.717, 1.165) is 29.0 Å². The molecule has 2 aliphatic heterocycles. The zero-order valence-electron chi connectivity index (χ0n) is 16.9. The number of hydrogen-bond donors (Lipinski definition) is 4. The van der Waals surface area contributed by atoms with Gasteiger partial charge in [-0.05, 0) is 47.2 Å². The van der Waals surface area contributed by atoms with Crippen molar-refractivity contribution in [2.75, 3.05) is 19.8 Å². The molecule has 1 saturated heterocycles. The monoisotopic (exact) mass is 416 g/mol. The van der Waals surface area contributed by atoms with Gasteiger partial charge in [0.15, 0.2) is 11.5 Å². The summed E-state index contributed by atoms with van der Waals surface area (Å²) in [6.45, 7) is 2.71. The van der Waals surface area contributed by atoms with E-state index in [0.29, 0.717) is 25.2 Å². The molecule has 0 aromatic heterocycles. The minimum absolute atomic E-state index is 0.446. The fraction of sp³-hybridized carbons (Fsp3) is 0.478. The Hall–Kier alpha value is -2.16. The molecule has 4 rings (SSSR count). The fourth-order valence-corrected chi connectivity index (χ4v) is 4.13. The molecule has 5 atom stereocenters. The van der Waals surface area contributed by atoms with Gasteiger partial charge < -0.3 is 34.6 Å². The Kier molecular flexibility index (Phi) is 6.26. The molecule has 4 N–H and O–H groups in total. The molecule has 0 saturated carbocycles. The quantitative estimate of drug-likeness (QED) is 0.579. The molecule has 2 aromatic rings. The molecule has 0 radical (unpaired) electrons. The number of benzene rings is 2. The second-order valence-corrected chi connectivity index (χ2v) is 7.79. The average Bonchev–Trinajstić information content (AvgIpc) is 2.77. The topological polar surface area (TPSA) is 109 Å². The van der Waals surface area contributed by atoms with E-state index >= 15 is 0 Å². The minimum atomic E-state index is -1.40. The third kappa shape index (κ3) is 4.04. The van der Waals surface area contributed by atoms with Crippen molar-refractivity contribution in [1.82, 2.24) is 0 Å².